The SMILES string of the molecule is CC(=O)N[C@@H](C)CCC1CCC(Oc2ncc(-c3ncc(F)cn3)cc2F)CC1. The average molecular weight is 404 g/mol. The fraction of sp³-hybridized carbons (Fsp3) is 0.524. The summed E-state index contributed by atoms with van der Waals surface area (Å²) in [4.78, 5) is 22.8. The van der Waals surface area contributed by atoms with Crippen LogP contribution in [0.4, 0.5) is 8.78 Å². The van der Waals surface area contributed by atoms with E-state index in [0.29, 0.717) is 11.5 Å². The Labute approximate surface area is 169 Å². The minimum absolute atomic E-state index is 0.00106. The van der Waals surface area contributed by atoms with E-state index in [9.17, 15) is 13.6 Å². The van der Waals surface area contributed by atoms with Gasteiger partial charge in [-0.3, -0.25) is 4.79 Å². The second-order valence-corrected chi connectivity index (χ2v) is 7.68. The quantitative estimate of drug-likeness (QED) is 0.753. The second kappa shape index (κ2) is 9.71. The lowest BCUT2D eigenvalue weighted by Crippen LogP contribution is -2.31. The van der Waals surface area contributed by atoms with Crippen LogP contribution in [-0.2, 0) is 4.79 Å². The third-order valence-electron chi connectivity index (χ3n) is 5.22. The number of aromatic nitrogens is 3. The summed E-state index contributed by atoms with van der Waals surface area (Å²) in [5.41, 5.74) is 0.367. The van der Waals surface area contributed by atoms with Crippen molar-refractivity contribution in [2.45, 2.75) is 64.5 Å². The van der Waals surface area contributed by atoms with E-state index in [-0.39, 0.29) is 29.8 Å². The molecule has 1 amide bonds. The molecular weight excluding hydrogens is 378 g/mol. The van der Waals surface area contributed by atoms with Gasteiger partial charge in [0.2, 0.25) is 5.91 Å². The van der Waals surface area contributed by atoms with E-state index in [4.69, 9.17) is 4.74 Å². The van der Waals surface area contributed by atoms with Crippen LogP contribution in [0.5, 0.6) is 5.88 Å². The Bertz CT molecular complexity index is 824. The van der Waals surface area contributed by atoms with Gasteiger partial charge >= 0.3 is 0 Å². The first-order chi connectivity index (χ1) is 13.9. The number of nitrogens with zero attached hydrogens (tertiary/aromatic N) is 3. The van der Waals surface area contributed by atoms with Gasteiger partial charge in [0.15, 0.2) is 17.5 Å². The van der Waals surface area contributed by atoms with Crippen molar-refractivity contribution < 1.29 is 18.3 Å². The number of halogens is 2. The summed E-state index contributed by atoms with van der Waals surface area (Å²) >= 11 is 0. The van der Waals surface area contributed by atoms with Gasteiger partial charge in [0.1, 0.15) is 6.10 Å². The zero-order valence-corrected chi connectivity index (χ0v) is 16.7. The van der Waals surface area contributed by atoms with Crippen molar-refractivity contribution in [3.05, 3.63) is 36.3 Å². The molecular formula is C21H26F2N4O2. The van der Waals surface area contributed by atoms with Crippen LogP contribution in [0.15, 0.2) is 24.7 Å². The van der Waals surface area contributed by atoms with Crippen molar-refractivity contribution in [3.63, 3.8) is 0 Å². The Morgan fingerprint density at radius 1 is 1.17 bits per heavy atom. The minimum atomic E-state index is -0.582. The highest BCUT2D eigenvalue weighted by atomic mass is 19.1. The topological polar surface area (TPSA) is 77.0 Å². The van der Waals surface area contributed by atoms with Crippen molar-refractivity contribution in [1.29, 1.82) is 0 Å². The molecule has 1 saturated carbocycles. The summed E-state index contributed by atoms with van der Waals surface area (Å²) in [5.74, 6) is -0.357. The van der Waals surface area contributed by atoms with E-state index < -0.39 is 11.6 Å². The van der Waals surface area contributed by atoms with Gasteiger partial charge in [0.25, 0.3) is 5.88 Å². The lowest BCUT2D eigenvalue weighted by atomic mass is 9.84. The van der Waals surface area contributed by atoms with E-state index in [0.717, 1.165) is 50.9 Å². The molecule has 0 aromatic carbocycles. The molecule has 1 atom stereocenters. The summed E-state index contributed by atoms with van der Waals surface area (Å²) in [6.07, 6.45) is 9.18. The number of carbonyl (C=O) groups excluding carboxylic acids is 1. The molecule has 0 unspecified atom stereocenters. The predicted octanol–water partition coefficient (Wildman–Crippen LogP) is 4.06. The lowest BCUT2D eigenvalue weighted by Gasteiger charge is -2.29. The predicted molar refractivity (Wildman–Crippen MR) is 104 cm³/mol. The maximum Gasteiger partial charge on any atom is 0.250 e. The molecule has 0 radical (unpaired) electrons. The van der Waals surface area contributed by atoms with Crippen LogP contribution in [0.3, 0.4) is 0 Å². The van der Waals surface area contributed by atoms with Crippen molar-refractivity contribution in [1.82, 2.24) is 20.3 Å². The highest BCUT2D eigenvalue weighted by Crippen LogP contribution is 2.31. The number of hydrogen-bond acceptors (Lipinski definition) is 5. The van der Waals surface area contributed by atoms with Gasteiger partial charge in [-0.1, -0.05) is 0 Å². The van der Waals surface area contributed by atoms with Crippen LogP contribution in [0, 0.1) is 17.6 Å². The third kappa shape index (κ3) is 6.17. The maximum atomic E-state index is 14.4. The molecule has 0 aliphatic heterocycles. The van der Waals surface area contributed by atoms with Crippen molar-refractivity contribution in [3.8, 4) is 17.3 Å². The molecule has 0 bridgehead atoms. The molecule has 3 rings (SSSR count). The fourth-order valence-electron chi connectivity index (χ4n) is 3.70. The summed E-state index contributed by atoms with van der Waals surface area (Å²) in [5, 5.41) is 2.91. The molecule has 1 fully saturated rings. The van der Waals surface area contributed by atoms with Crippen LogP contribution < -0.4 is 10.1 Å². The zero-order chi connectivity index (χ0) is 20.8. The Morgan fingerprint density at radius 2 is 1.86 bits per heavy atom. The molecule has 1 aliphatic rings. The monoisotopic (exact) mass is 404 g/mol. The van der Waals surface area contributed by atoms with Gasteiger partial charge in [0, 0.05) is 24.7 Å². The number of pyridine rings is 1. The van der Waals surface area contributed by atoms with Crippen molar-refractivity contribution in [2.24, 2.45) is 5.92 Å². The van der Waals surface area contributed by atoms with Crippen molar-refractivity contribution in [2.75, 3.05) is 0 Å². The number of carbonyl (C=O) groups is 1. The Balaban J connectivity index is 1.49. The van der Waals surface area contributed by atoms with Gasteiger partial charge in [-0.25, -0.2) is 23.7 Å². The Hall–Kier alpha value is -2.64. The van der Waals surface area contributed by atoms with E-state index in [1.165, 1.54) is 19.2 Å². The number of rotatable bonds is 7. The molecule has 29 heavy (non-hydrogen) atoms. The summed E-state index contributed by atoms with van der Waals surface area (Å²) in [6.45, 7) is 3.55. The number of amides is 1. The Kier molecular flexibility index (Phi) is 7.06. The lowest BCUT2D eigenvalue weighted by molar-refractivity contribution is -0.119. The van der Waals surface area contributed by atoms with Crippen LogP contribution in [0.2, 0.25) is 0 Å². The van der Waals surface area contributed by atoms with Crippen molar-refractivity contribution >= 4 is 5.91 Å². The third-order valence-corrected chi connectivity index (χ3v) is 5.22. The van der Waals surface area contributed by atoms with E-state index in [1.807, 2.05) is 6.92 Å². The molecule has 2 heterocycles. The van der Waals surface area contributed by atoms with Crippen LogP contribution >= 0.6 is 0 Å². The largest absolute Gasteiger partial charge is 0.472 e. The zero-order valence-electron chi connectivity index (χ0n) is 16.7. The average Bonchev–Trinajstić information content (AvgIpc) is 2.69. The van der Waals surface area contributed by atoms with E-state index in [1.54, 1.807) is 0 Å². The smallest absolute Gasteiger partial charge is 0.250 e. The second-order valence-electron chi connectivity index (χ2n) is 7.68. The number of ether oxygens (including phenoxy) is 1. The first-order valence-corrected chi connectivity index (χ1v) is 9.98. The summed E-state index contributed by atoms with van der Waals surface area (Å²) < 4.78 is 33.1. The highest BCUT2D eigenvalue weighted by Gasteiger charge is 2.24. The van der Waals surface area contributed by atoms with Gasteiger partial charge in [-0.15, -0.1) is 0 Å². The summed E-state index contributed by atoms with van der Waals surface area (Å²) in [7, 11) is 0. The molecule has 2 aromatic rings. The van der Waals surface area contributed by atoms with E-state index >= 15 is 0 Å². The van der Waals surface area contributed by atoms with E-state index in [2.05, 4.69) is 20.3 Å². The van der Waals surface area contributed by atoms with Gasteiger partial charge in [-0.05, 0) is 57.4 Å². The minimum Gasteiger partial charge on any atom is -0.472 e. The maximum absolute atomic E-state index is 14.4. The first-order valence-electron chi connectivity index (χ1n) is 9.98. The molecule has 1 aliphatic carbocycles. The first kappa shape index (κ1) is 21.1. The standard InChI is InChI=1S/C21H26F2N4O2/c1-13(27-14(2)28)3-4-15-5-7-18(8-6-15)29-21-19(23)9-16(10-26-21)20-24-11-17(22)12-25-20/h9-13,15,18H,3-8H2,1-2H3,(H,27,28)/t13-,15?,18?/m0/s1. The molecule has 0 saturated heterocycles. The highest BCUT2D eigenvalue weighted by molar-refractivity contribution is 5.73. The fourth-order valence-corrected chi connectivity index (χ4v) is 3.70. The molecule has 1 N–H and O–H groups in total. The van der Waals surface area contributed by atoms with Gasteiger partial charge in [-0.2, -0.15) is 0 Å². The molecule has 8 heteroatoms. The molecule has 0 spiro atoms. The summed E-state index contributed by atoms with van der Waals surface area (Å²) in [6, 6.07) is 1.44. The van der Waals surface area contributed by atoms with Crippen LogP contribution in [-0.4, -0.2) is 33.0 Å². The van der Waals surface area contributed by atoms with Gasteiger partial charge in [0.05, 0.1) is 12.4 Å². The molecule has 156 valence electrons. The normalized spacial score (nSPS) is 20.1. The molecule has 6 nitrogen and oxygen atoms in total. The van der Waals surface area contributed by atoms with Gasteiger partial charge < -0.3 is 10.1 Å². The van der Waals surface area contributed by atoms with Crippen LogP contribution in [0.25, 0.3) is 11.4 Å². The van der Waals surface area contributed by atoms with Crippen LogP contribution in [0.1, 0.15) is 52.4 Å². The number of nitrogens with one attached hydrogen (secondary N) is 1. The molecule has 2 aromatic heterocycles. The Morgan fingerprint density at radius 3 is 2.48 bits per heavy atom. The number of hydrogen-bond donors (Lipinski definition) is 1.